The minimum absolute atomic E-state index is 0.203. The van der Waals surface area contributed by atoms with E-state index in [-0.39, 0.29) is 17.9 Å². The van der Waals surface area contributed by atoms with E-state index >= 15 is 0 Å². The average Bonchev–Trinajstić information content (AvgIpc) is 2.42. The Morgan fingerprint density at radius 3 is 2.48 bits per heavy atom. The Balaban J connectivity index is 2.38. The fourth-order valence-corrected chi connectivity index (χ4v) is 4.86. The van der Waals surface area contributed by atoms with Gasteiger partial charge in [0.1, 0.15) is 22.7 Å². The quantitative estimate of drug-likeness (QED) is 0.818. The summed E-state index contributed by atoms with van der Waals surface area (Å²) in [5.74, 6) is -1.99. The monoisotopic (exact) mass is 336 g/mol. The van der Waals surface area contributed by atoms with Gasteiger partial charge in [0, 0.05) is 29.9 Å². The average molecular weight is 336 g/mol. The molecule has 1 unspecified atom stereocenters. The van der Waals surface area contributed by atoms with Crippen molar-refractivity contribution in [2.75, 3.05) is 30.0 Å². The van der Waals surface area contributed by atoms with Gasteiger partial charge in [-0.2, -0.15) is 11.8 Å². The number of carbonyl (C=O) groups excluding carboxylic acids is 1. The molecule has 21 heavy (non-hydrogen) atoms. The molecule has 116 valence electrons. The number of nitrogens with zero attached hydrogens (tertiary/aromatic N) is 1. The van der Waals surface area contributed by atoms with Gasteiger partial charge in [-0.05, 0) is 12.1 Å². The molecule has 2 rings (SSSR count). The maximum atomic E-state index is 13.4. The number of sulfone groups is 1. The van der Waals surface area contributed by atoms with Crippen LogP contribution in [0.4, 0.5) is 14.5 Å². The minimum atomic E-state index is -3.48. The number of amides is 1. The Morgan fingerprint density at radius 1 is 1.38 bits per heavy atom. The number of carbonyl (C=O) groups is 1. The Kier molecular flexibility index (Phi) is 4.43. The van der Waals surface area contributed by atoms with E-state index in [0.717, 1.165) is 23.3 Å². The van der Waals surface area contributed by atoms with Crippen molar-refractivity contribution in [2.24, 2.45) is 0 Å². The fourth-order valence-electron chi connectivity index (χ4n) is 2.04. The lowest BCUT2D eigenvalue weighted by atomic mass is 10.1. The maximum Gasteiger partial charge on any atom is 0.255 e. The zero-order chi connectivity index (χ0) is 15.8. The van der Waals surface area contributed by atoms with Gasteiger partial charge >= 0.3 is 0 Å². The van der Waals surface area contributed by atoms with Crippen molar-refractivity contribution in [2.45, 2.75) is 5.37 Å². The molecule has 2 N–H and O–H groups in total. The predicted molar refractivity (Wildman–Crippen MR) is 77.8 cm³/mol. The van der Waals surface area contributed by atoms with E-state index in [1.165, 1.54) is 11.8 Å². The van der Waals surface area contributed by atoms with E-state index in [9.17, 15) is 22.0 Å². The number of nitrogens with two attached hydrogens (primary N) is 1. The van der Waals surface area contributed by atoms with Gasteiger partial charge in [0.05, 0.1) is 0 Å². The fraction of sp³-hybridized carbons (Fsp3) is 0.417. The summed E-state index contributed by atoms with van der Waals surface area (Å²) in [5, 5.41) is -0.993. The lowest BCUT2D eigenvalue weighted by Crippen LogP contribution is -2.49. The number of halogens is 2. The Morgan fingerprint density at radius 2 is 1.95 bits per heavy atom. The number of thioether (sulfide) groups is 1. The van der Waals surface area contributed by atoms with Crippen LogP contribution < -0.4 is 5.73 Å². The van der Waals surface area contributed by atoms with E-state index in [1.54, 1.807) is 0 Å². The number of benzene rings is 1. The second kappa shape index (κ2) is 5.80. The van der Waals surface area contributed by atoms with E-state index < -0.39 is 38.4 Å². The molecule has 1 saturated heterocycles. The Labute approximate surface area is 125 Å². The molecule has 0 saturated carbocycles. The summed E-state index contributed by atoms with van der Waals surface area (Å²) in [7, 11) is -3.48. The molecule has 9 heteroatoms. The summed E-state index contributed by atoms with van der Waals surface area (Å²) in [6.45, 7) is 0.203. The lowest BCUT2D eigenvalue weighted by molar-refractivity contribution is 0.0748. The molecule has 1 aromatic carbocycles. The Hall–Kier alpha value is -1.35. The smallest absolute Gasteiger partial charge is 0.255 e. The molecular formula is C12H14F2N2O3S2. The van der Waals surface area contributed by atoms with Crippen LogP contribution in [0.2, 0.25) is 0 Å². The van der Waals surface area contributed by atoms with Crippen molar-refractivity contribution in [3.63, 3.8) is 0 Å². The molecule has 0 aromatic heterocycles. The van der Waals surface area contributed by atoms with Crippen molar-refractivity contribution < 1.29 is 22.0 Å². The van der Waals surface area contributed by atoms with Crippen LogP contribution in [0.15, 0.2) is 12.1 Å². The summed E-state index contributed by atoms with van der Waals surface area (Å²) in [6, 6.07) is 1.64. The molecule has 1 aromatic rings. The normalized spacial score (nSPS) is 19.6. The van der Waals surface area contributed by atoms with Crippen molar-refractivity contribution >= 4 is 33.2 Å². The van der Waals surface area contributed by atoms with E-state index in [4.69, 9.17) is 5.73 Å². The van der Waals surface area contributed by atoms with E-state index in [2.05, 4.69) is 0 Å². The molecule has 5 nitrogen and oxygen atoms in total. The van der Waals surface area contributed by atoms with Gasteiger partial charge in [0.2, 0.25) is 0 Å². The third-order valence-electron chi connectivity index (χ3n) is 3.17. The highest BCUT2D eigenvalue weighted by atomic mass is 32.2. The van der Waals surface area contributed by atoms with E-state index in [1.807, 2.05) is 0 Å². The predicted octanol–water partition coefficient (Wildman–Crippen LogP) is 1.11. The third kappa shape index (κ3) is 3.29. The Bertz CT molecular complexity index is 656. The zero-order valence-electron chi connectivity index (χ0n) is 11.2. The second-order valence-corrected chi connectivity index (χ2v) is 8.06. The maximum absolute atomic E-state index is 13.4. The van der Waals surface area contributed by atoms with Crippen LogP contribution >= 0.6 is 11.8 Å². The van der Waals surface area contributed by atoms with Gasteiger partial charge in [0.15, 0.2) is 9.84 Å². The van der Waals surface area contributed by atoms with Crippen molar-refractivity contribution in [1.29, 1.82) is 0 Å². The molecule has 0 spiro atoms. The molecule has 0 aliphatic carbocycles. The molecular weight excluding hydrogens is 322 g/mol. The van der Waals surface area contributed by atoms with Gasteiger partial charge in [0.25, 0.3) is 5.91 Å². The summed E-state index contributed by atoms with van der Waals surface area (Å²) >= 11 is 1.41. The number of anilines is 1. The summed E-state index contributed by atoms with van der Waals surface area (Å²) in [5.41, 5.74) is 4.24. The van der Waals surface area contributed by atoms with Crippen LogP contribution in [0, 0.1) is 11.6 Å². The van der Waals surface area contributed by atoms with Crippen LogP contribution in [-0.4, -0.2) is 48.9 Å². The molecule has 1 aliphatic heterocycles. The first-order valence-electron chi connectivity index (χ1n) is 6.04. The summed E-state index contributed by atoms with van der Waals surface area (Å²) in [4.78, 5) is 13.5. The van der Waals surface area contributed by atoms with Crippen LogP contribution in [0.3, 0.4) is 0 Å². The standard InChI is InChI=1S/C12H14F2N2O3S2/c1-21(18,19)10-6-20-3-2-16(10)12(17)7-4-8(13)11(15)9(14)5-7/h4-5,10H,2-3,6,15H2,1H3. The summed E-state index contributed by atoms with van der Waals surface area (Å²) < 4.78 is 50.4. The van der Waals surface area contributed by atoms with Crippen LogP contribution in [-0.2, 0) is 9.84 Å². The minimum Gasteiger partial charge on any atom is -0.394 e. The molecule has 1 fully saturated rings. The molecule has 1 atom stereocenters. The van der Waals surface area contributed by atoms with Gasteiger partial charge in [-0.1, -0.05) is 0 Å². The first kappa shape index (κ1) is 16.0. The largest absolute Gasteiger partial charge is 0.394 e. The van der Waals surface area contributed by atoms with Crippen LogP contribution in [0.5, 0.6) is 0 Å². The number of nitrogen functional groups attached to an aromatic ring is 1. The molecule has 0 bridgehead atoms. The highest BCUT2D eigenvalue weighted by molar-refractivity contribution is 8.00. The second-order valence-electron chi connectivity index (χ2n) is 4.71. The van der Waals surface area contributed by atoms with E-state index in [0.29, 0.717) is 5.75 Å². The molecule has 1 amide bonds. The SMILES string of the molecule is CS(=O)(=O)C1CSCCN1C(=O)c1cc(F)c(N)c(F)c1. The van der Waals surface area contributed by atoms with Gasteiger partial charge in [-0.25, -0.2) is 17.2 Å². The van der Waals surface area contributed by atoms with Crippen LogP contribution in [0.25, 0.3) is 0 Å². The van der Waals surface area contributed by atoms with Gasteiger partial charge in [-0.15, -0.1) is 0 Å². The highest BCUT2D eigenvalue weighted by Crippen LogP contribution is 2.24. The summed E-state index contributed by atoms with van der Waals surface area (Å²) in [6.07, 6.45) is 1.04. The number of hydrogen-bond donors (Lipinski definition) is 1. The number of hydrogen-bond acceptors (Lipinski definition) is 5. The van der Waals surface area contributed by atoms with Crippen molar-refractivity contribution in [1.82, 2.24) is 4.90 Å². The van der Waals surface area contributed by atoms with Crippen molar-refractivity contribution in [3.8, 4) is 0 Å². The molecule has 1 aliphatic rings. The lowest BCUT2D eigenvalue weighted by Gasteiger charge is -2.34. The van der Waals surface area contributed by atoms with Gasteiger partial charge in [-0.3, -0.25) is 4.79 Å². The topological polar surface area (TPSA) is 80.5 Å². The molecule has 0 radical (unpaired) electrons. The highest BCUT2D eigenvalue weighted by Gasteiger charge is 2.35. The van der Waals surface area contributed by atoms with Crippen LogP contribution in [0.1, 0.15) is 10.4 Å². The van der Waals surface area contributed by atoms with Gasteiger partial charge < -0.3 is 10.6 Å². The zero-order valence-corrected chi connectivity index (χ0v) is 12.8. The molecule has 1 heterocycles. The van der Waals surface area contributed by atoms with Crippen molar-refractivity contribution in [3.05, 3.63) is 29.3 Å². The third-order valence-corrected chi connectivity index (χ3v) is 5.81. The number of rotatable bonds is 2. The first-order chi connectivity index (χ1) is 9.71. The first-order valence-corrected chi connectivity index (χ1v) is 9.15.